The van der Waals surface area contributed by atoms with Crippen LogP contribution in [0.3, 0.4) is 0 Å². The first-order chi connectivity index (χ1) is 6.06. The predicted molar refractivity (Wildman–Crippen MR) is 47.5 cm³/mol. The van der Waals surface area contributed by atoms with Crippen molar-refractivity contribution in [2.75, 3.05) is 7.11 Å². The average Bonchev–Trinajstić information content (AvgIpc) is 2.01. The molecule has 70 valence electrons. The van der Waals surface area contributed by atoms with Gasteiger partial charge in [0.2, 0.25) is 0 Å². The maximum absolute atomic E-state index is 10.7. The first kappa shape index (κ1) is 9.80. The van der Waals surface area contributed by atoms with Crippen LogP contribution in [0.25, 0.3) is 0 Å². The van der Waals surface area contributed by atoms with Gasteiger partial charge in [-0.3, -0.25) is 0 Å². The zero-order valence-corrected chi connectivity index (χ0v) is 7.92. The molecule has 0 fully saturated rings. The summed E-state index contributed by atoms with van der Waals surface area (Å²) in [4.78, 5) is 14.6. The van der Waals surface area contributed by atoms with Gasteiger partial charge in [-0.15, -0.1) is 0 Å². The predicted octanol–water partition coefficient (Wildman–Crippen LogP) is 1.75. The van der Waals surface area contributed by atoms with Crippen molar-refractivity contribution in [3.63, 3.8) is 0 Å². The van der Waals surface area contributed by atoms with Gasteiger partial charge in [-0.25, -0.2) is 9.78 Å². The Morgan fingerprint density at radius 3 is 2.77 bits per heavy atom. The van der Waals surface area contributed by atoms with E-state index in [-0.39, 0.29) is 16.5 Å². The summed E-state index contributed by atoms with van der Waals surface area (Å²) in [5, 5.41) is 9.03. The van der Waals surface area contributed by atoms with Crippen LogP contribution in [0, 0.1) is 6.92 Å². The van der Waals surface area contributed by atoms with Crippen LogP contribution in [-0.2, 0) is 0 Å². The number of carbonyl (C=O) groups is 1. The van der Waals surface area contributed by atoms with Crippen molar-refractivity contribution in [2.24, 2.45) is 0 Å². The molecule has 0 saturated heterocycles. The van der Waals surface area contributed by atoms with Gasteiger partial charge in [-0.2, -0.15) is 0 Å². The van der Waals surface area contributed by atoms with Crippen LogP contribution in [-0.4, -0.2) is 23.2 Å². The zero-order valence-electron chi connectivity index (χ0n) is 7.17. The first-order valence-corrected chi connectivity index (χ1v) is 3.88. The number of pyridine rings is 1. The van der Waals surface area contributed by atoms with E-state index in [2.05, 4.69) is 4.98 Å². The minimum atomic E-state index is -1.07. The number of hydrogen-bond donors (Lipinski definition) is 1. The molecule has 0 saturated carbocycles. The van der Waals surface area contributed by atoms with Gasteiger partial charge >= 0.3 is 5.97 Å². The van der Waals surface area contributed by atoms with E-state index in [9.17, 15) is 4.79 Å². The number of aromatic carboxylic acids is 1. The van der Waals surface area contributed by atoms with Crippen molar-refractivity contribution >= 4 is 17.6 Å². The maximum Gasteiger partial charge on any atom is 0.341 e. The Bertz CT molecular complexity index is 351. The Labute approximate surface area is 80.1 Å². The van der Waals surface area contributed by atoms with E-state index < -0.39 is 5.97 Å². The minimum Gasteiger partial charge on any atom is -0.496 e. The fraction of sp³-hybridized carbons (Fsp3) is 0.250. The number of halogens is 1. The Morgan fingerprint density at radius 1 is 1.69 bits per heavy atom. The van der Waals surface area contributed by atoms with Crippen molar-refractivity contribution in [1.82, 2.24) is 4.98 Å². The van der Waals surface area contributed by atoms with Crippen LogP contribution in [0.4, 0.5) is 0 Å². The van der Waals surface area contributed by atoms with Gasteiger partial charge < -0.3 is 9.84 Å². The van der Waals surface area contributed by atoms with Crippen LogP contribution in [0.1, 0.15) is 16.1 Å². The molecule has 5 heteroatoms. The molecule has 0 bridgehead atoms. The van der Waals surface area contributed by atoms with Gasteiger partial charge in [0.05, 0.1) is 12.8 Å². The lowest BCUT2D eigenvalue weighted by Gasteiger charge is -2.06. The largest absolute Gasteiger partial charge is 0.496 e. The second-order valence-corrected chi connectivity index (χ2v) is 2.80. The molecule has 1 rings (SSSR count). The minimum absolute atomic E-state index is 0.0481. The third kappa shape index (κ3) is 1.89. The topological polar surface area (TPSA) is 59.4 Å². The molecule has 1 N–H and O–H groups in total. The number of rotatable bonds is 2. The standard InChI is InChI=1S/C8H8ClNO3/c1-4-7(8(11)12)5(13-2)3-6(9)10-4/h3H,1-2H3,(H,11,12). The van der Waals surface area contributed by atoms with Crippen LogP contribution in [0.5, 0.6) is 5.75 Å². The van der Waals surface area contributed by atoms with Crippen LogP contribution >= 0.6 is 11.6 Å². The lowest BCUT2D eigenvalue weighted by molar-refractivity contribution is 0.0692. The van der Waals surface area contributed by atoms with Crippen LogP contribution in [0.15, 0.2) is 6.07 Å². The van der Waals surface area contributed by atoms with Crippen molar-refractivity contribution in [3.8, 4) is 5.75 Å². The highest BCUT2D eigenvalue weighted by Gasteiger charge is 2.15. The molecular weight excluding hydrogens is 194 g/mol. The normalized spacial score (nSPS) is 9.77. The van der Waals surface area contributed by atoms with E-state index in [1.807, 2.05) is 0 Å². The summed E-state index contributed by atoms with van der Waals surface area (Å²) in [6, 6.07) is 1.37. The highest BCUT2D eigenvalue weighted by Crippen LogP contribution is 2.23. The molecule has 0 spiro atoms. The molecule has 4 nitrogen and oxygen atoms in total. The van der Waals surface area contributed by atoms with Crippen molar-refractivity contribution in [2.45, 2.75) is 6.92 Å². The molecule has 0 aliphatic carbocycles. The number of hydrogen-bond acceptors (Lipinski definition) is 3. The summed E-state index contributed by atoms with van der Waals surface area (Å²) >= 11 is 5.62. The number of methoxy groups -OCH3 is 1. The number of carboxylic acid groups (broad SMARTS) is 1. The molecule has 13 heavy (non-hydrogen) atoms. The molecular formula is C8H8ClNO3. The Balaban J connectivity index is 3.38. The van der Waals surface area contributed by atoms with E-state index in [1.54, 1.807) is 6.92 Å². The van der Waals surface area contributed by atoms with Gasteiger partial charge in [0.1, 0.15) is 16.5 Å². The molecule has 0 aliphatic rings. The molecule has 0 radical (unpaired) electrons. The molecule has 1 aromatic rings. The SMILES string of the molecule is COc1cc(Cl)nc(C)c1C(=O)O. The highest BCUT2D eigenvalue weighted by atomic mass is 35.5. The second-order valence-electron chi connectivity index (χ2n) is 2.41. The molecule has 0 unspecified atom stereocenters. The number of carboxylic acids is 1. The van der Waals surface area contributed by atoms with Crippen molar-refractivity contribution in [1.29, 1.82) is 0 Å². The molecule has 0 amide bonds. The Hall–Kier alpha value is -1.29. The third-order valence-corrected chi connectivity index (χ3v) is 1.76. The van der Waals surface area contributed by atoms with Gasteiger partial charge in [-0.1, -0.05) is 11.6 Å². The average molecular weight is 202 g/mol. The van der Waals surface area contributed by atoms with E-state index >= 15 is 0 Å². The van der Waals surface area contributed by atoms with Crippen molar-refractivity contribution in [3.05, 3.63) is 22.5 Å². The molecule has 1 heterocycles. The molecule has 0 aliphatic heterocycles. The molecule has 0 atom stereocenters. The number of aryl methyl sites for hydroxylation is 1. The summed E-state index contributed by atoms with van der Waals surface area (Å²) < 4.78 is 4.86. The monoisotopic (exact) mass is 201 g/mol. The van der Waals surface area contributed by atoms with Gasteiger partial charge in [-0.05, 0) is 6.92 Å². The molecule has 0 aromatic carbocycles. The zero-order chi connectivity index (χ0) is 10.0. The van der Waals surface area contributed by atoms with Gasteiger partial charge in [0.25, 0.3) is 0 Å². The highest BCUT2D eigenvalue weighted by molar-refractivity contribution is 6.29. The quantitative estimate of drug-likeness (QED) is 0.741. The first-order valence-electron chi connectivity index (χ1n) is 3.50. The molecule has 1 aromatic heterocycles. The Kier molecular flexibility index (Phi) is 2.72. The lowest BCUT2D eigenvalue weighted by atomic mass is 10.2. The van der Waals surface area contributed by atoms with Gasteiger partial charge in [0.15, 0.2) is 0 Å². The second kappa shape index (κ2) is 3.62. The summed E-state index contributed by atoms with van der Waals surface area (Å²) in [7, 11) is 1.39. The van der Waals surface area contributed by atoms with Gasteiger partial charge in [0, 0.05) is 6.07 Å². The summed E-state index contributed by atoms with van der Waals surface area (Å²) in [5.41, 5.74) is 0.392. The maximum atomic E-state index is 10.7. The number of ether oxygens (including phenoxy) is 1. The fourth-order valence-corrected chi connectivity index (χ4v) is 1.25. The summed E-state index contributed by atoms with van der Waals surface area (Å²) in [6.07, 6.45) is 0. The number of aromatic nitrogens is 1. The third-order valence-electron chi connectivity index (χ3n) is 1.57. The number of nitrogens with zero attached hydrogens (tertiary/aromatic N) is 1. The van der Waals surface area contributed by atoms with E-state index in [0.29, 0.717) is 5.69 Å². The van der Waals surface area contributed by atoms with E-state index in [4.69, 9.17) is 21.4 Å². The lowest BCUT2D eigenvalue weighted by Crippen LogP contribution is -2.05. The summed E-state index contributed by atoms with van der Waals surface area (Å²) in [6.45, 7) is 1.57. The summed E-state index contributed by atoms with van der Waals surface area (Å²) in [5.74, 6) is -0.844. The fourth-order valence-electron chi connectivity index (χ4n) is 1.03. The van der Waals surface area contributed by atoms with Crippen LogP contribution in [0.2, 0.25) is 5.15 Å². The Morgan fingerprint density at radius 2 is 2.31 bits per heavy atom. The van der Waals surface area contributed by atoms with Crippen LogP contribution < -0.4 is 4.74 Å². The van der Waals surface area contributed by atoms with E-state index in [1.165, 1.54) is 13.2 Å². The van der Waals surface area contributed by atoms with Crippen molar-refractivity contribution < 1.29 is 14.6 Å². The van der Waals surface area contributed by atoms with E-state index in [0.717, 1.165) is 0 Å². The smallest absolute Gasteiger partial charge is 0.341 e.